The number of rotatable bonds is 5. The summed E-state index contributed by atoms with van der Waals surface area (Å²) in [6, 6.07) is 5.07. The van der Waals surface area contributed by atoms with Crippen LogP contribution in [0, 0.1) is 5.82 Å². The van der Waals surface area contributed by atoms with E-state index >= 15 is 0 Å². The number of aliphatic hydroxyl groups is 1. The minimum absolute atomic E-state index is 0.103. The van der Waals surface area contributed by atoms with Gasteiger partial charge < -0.3 is 14.8 Å². The van der Waals surface area contributed by atoms with Crippen molar-refractivity contribution in [3.8, 4) is 0 Å². The monoisotopic (exact) mass is 303 g/mol. The second-order valence-electron chi connectivity index (χ2n) is 4.43. The predicted octanol–water partition coefficient (Wildman–Crippen LogP) is 3.26. The van der Waals surface area contributed by atoms with E-state index in [1.165, 1.54) is 6.26 Å². The summed E-state index contributed by atoms with van der Waals surface area (Å²) in [5.74, 6) is -0.538. The Morgan fingerprint density at radius 1 is 1.24 bits per heavy atom. The maximum absolute atomic E-state index is 13.0. The zero-order valence-electron chi connectivity index (χ0n) is 10.8. The molecule has 2 rings (SSSR count). The molecule has 1 atom stereocenters. The van der Waals surface area contributed by atoms with Crippen molar-refractivity contribution in [3.05, 3.63) is 59.3 Å². The first-order valence-electron chi connectivity index (χ1n) is 6.15. The van der Waals surface area contributed by atoms with E-state index in [2.05, 4.69) is 5.32 Å². The van der Waals surface area contributed by atoms with Crippen LogP contribution < -0.4 is 5.32 Å². The van der Waals surface area contributed by atoms with Crippen molar-refractivity contribution in [3.63, 3.8) is 0 Å². The van der Waals surface area contributed by atoms with E-state index in [1.54, 1.807) is 12.1 Å². The van der Waals surface area contributed by atoms with Crippen molar-refractivity contribution >= 4 is 0 Å². The van der Waals surface area contributed by atoms with Gasteiger partial charge >= 0.3 is 6.18 Å². The summed E-state index contributed by atoms with van der Waals surface area (Å²) in [7, 11) is 0. The minimum atomic E-state index is -4.64. The normalized spacial score (nSPS) is 13.4. The minimum Gasteiger partial charge on any atom is -0.468 e. The van der Waals surface area contributed by atoms with Gasteiger partial charge in [0.25, 0.3) is 0 Å². The number of aliphatic hydroxyl groups excluding tert-OH is 1. The number of benzene rings is 1. The van der Waals surface area contributed by atoms with Crippen molar-refractivity contribution in [2.45, 2.75) is 18.8 Å². The van der Waals surface area contributed by atoms with Crippen molar-refractivity contribution in [1.82, 2.24) is 5.32 Å². The molecule has 1 aromatic carbocycles. The second-order valence-corrected chi connectivity index (χ2v) is 4.43. The van der Waals surface area contributed by atoms with Crippen LogP contribution in [0.5, 0.6) is 0 Å². The Hall–Kier alpha value is -1.86. The summed E-state index contributed by atoms with van der Waals surface area (Å²) in [6.07, 6.45) is -3.24. The Morgan fingerprint density at radius 2 is 2.00 bits per heavy atom. The molecule has 0 aliphatic rings. The molecule has 3 nitrogen and oxygen atoms in total. The highest BCUT2D eigenvalue weighted by atomic mass is 19.4. The Morgan fingerprint density at radius 3 is 2.57 bits per heavy atom. The predicted molar refractivity (Wildman–Crippen MR) is 66.8 cm³/mol. The number of hydrogen-bond donors (Lipinski definition) is 2. The van der Waals surface area contributed by atoms with E-state index < -0.39 is 23.6 Å². The van der Waals surface area contributed by atoms with E-state index in [9.17, 15) is 22.7 Å². The number of alkyl halides is 3. The first kappa shape index (κ1) is 15.5. The van der Waals surface area contributed by atoms with Gasteiger partial charge in [0.2, 0.25) is 0 Å². The van der Waals surface area contributed by atoms with E-state index in [0.717, 1.165) is 12.1 Å². The van der Waals surface area contributed by atoms with Crippen molar-refractivity contribution < 1.29 is 27.1 Å². The number of hydrogen-bond acceptors (Lipinski definition) is 3. The molecule has 0 fully saturated rings. The highest BCUT2D eigenvalue weighted by Gasteiger charge is 2.33. The molecule has 7 heteroatoms. The molecule has 0 unspecified atom stereocenters. The zero-order valence-corrected chi connectivity index (χ0v) is 10.8. The molecule has 21 heavy (non-hydrogen) atoms. The third-order valence-electron chi connectivity index (χ3n) is 2.99. The Labute approximate surface area is 118 Å². The lowest BCUT2D eigenvalue weighted by molar-refractivity contribution is -0.138. The number of nitrogens with one attached hydrogen (secondary N) is 1. The maximum Gasteiger partial charge on any atom is 0.416 e. The molecular weight excluding hydrogens is 290 g/mol. The summed E-state index contributed by atoms with van der Waals surface area (Å²) in [4.78, 5) is 0. The third kappa shape index (κ3) is 3.83. The van der Waals surface area contributed by atoms with Gasteiger partial charge in [0.05, 0.1) is 24.5 Å². The van der Waals surface area contributed by atoms with Gasteiger partial charge in [-0.2, -0.15) is 13.2 Å². The van der Waals surface area contributed by atoms with Crippen LogP contribution in [-0.4, -0.2) is 11.7 Å². The molecule has 0 saturated carbocycles. The van der Waals surface area contributed by atoms with E-state index in [0.29, 0.717) is 11.8 Å². The average Bonchev–Trinajstić information content (AvgIpc) is 2.94. The molecule has 2 N–H and O–H groups in total. The molecule has 114 valence electrons. The quantitative estimate of drug-likeness (QED) is 0.833. The second kappa shape index (κ2) is 6.28. The zero-order chi connectivity index (χ0) is 15.5. The maximum atomic E-state index is 13.0. The van der Waals surface area contributed by atoms with E-state index in [4.69, 9.17) is 4.42 Å². The molecule has 0 radical (unpaired) electrons. The van der Waals surface area contributed by atoms with Gasteiger partial charge in [0, 0.05) is 6.54 Å². The highest BCUT2D eigenvalue weighted by Crippen LogP contribution is 2.32. The van der Waals surface area contributed by atoms with Crippen LogP contribution in [-0.2, 0) is 12.7 Å². The molecule has 0 bridgehead atoms. The van der Waals surface area contributed by atoms with Crippen molar-refractivity contribution in [2.75, 3.05) is 6.61 Å². The van der Waals surface area contributed by atoms with E-state index in [-0.39, 0.29) is 18.7 Å². The lowest BCUT2D eigenvalue weighted by Crippen LogP contribution is -2.25. The van der Waals surface area contributed by atoms with Gasteiger partial charge in [-0.05, 0) is 29.8 Å². The topological polar surface area (TPSA) is 45.4 Å². The average molecular weight is 303 g/mol. The van der Waals surface area contributed by atoms with Crippen LogP contribution in [0.15, 0.2) is 41.0 Å². The summed E-state index contributed by atoms with van der Waals surface area (Å²) in [5.41, 5.74) is -1.14. The molecular formula is C14H13F4NO2. The fourth-order valence-electron chi connectivity index (χ4n) is 1.94. The molecule has 1 heterocycles. The van der Waals surface area contributed by atoms with Gasteiger partial charge in [-0.1, -0.05) is 6.07 Å². The fourth-order valence-corrected chi connectivity index (χ4v) is 1.94. The van der Waals surface area contributed by atoms with Crippen LogP contribution in [0.3, 0.4) is 0 Å². The van der Waals surface area contributed by atoms with Crippen molar-refractivity contribution in [1.29, 1.82) is 0 Å². The molecule has 0 spiro atoms. The Bertz CT molecular complexity index is 581. The lowest BCUT2D eigenvalue weighted by atomic mass is 10.1. The molecule has 0 aliphatic heterocycles. The van der Waals surface area contributed by atoms with Crippen LogP contribution >= 0.6 is 0 Å². The van der Waals surface area contributed by atoms with Gasteiger partial charge in [-0.3, -0.25) is 0 Å². The van der Waals surface area contributed by atoms with Crippen LogP contribution in [0.1, 0.15) is 22.9 Å². The third-order valence-corrected chi connectivity index (χ3v) is 2.99. The summed E-state index contributed by atoms with van der Waals surface area (Å²) < 4.78 is 56.6. The lowest BCUT2D eigenvalue weighted by Gasteiger charge is -2.17. The Balaban J connectivity index is 2.16. The van der Waals surface area contributed by atoms with Crippen molar-refractivity contribution in [2.24, 2.45) is 0 Å². The molecule has 0 aliphatic carbocycles. The molecule has 0 saturated heterocycles. The van der Waals surface area contributed by atoms with Crippen LogP contribution in [0.4, 0.5) is 17.6 Å². The van der Waals surface area contributed by atoms with Gasteiger partial charge in [0.15, 0.2) is 0 Å². The van der Waals surface area contributed by atoms with Crippen LogP contribution in [0.25, 0.3) is 0 Å². The first-order valence-corrected chi connectivity index (χ1v) is 6.15. The molecule has 0 amide bonds. The summed E-state index contributed by atoms with van der Waals surface area (Å²) >= 11 is 0. The Kier molecular flexibility index (Phi) is 4.64. The smallest absolute Gasteiger partial charge is 0.416 e. The van der Waals surface area contributed by atoms with E-state index in [1.807, 2.05) is 0 Å². The largest absolute Gasteiger partial charge is 0.468 e. The SMILES string of the molecule is OC[C@@H](NCc1ccc(F)cc1C(F)(F)F)c1ccco1. The fraction of sp³-hybridized carbons (Fsp3) is 0.286. The highest BCUT2D eigenvalue weighted by molar-refractivity contribution is 5.30. The summed E-state index contributed by atoms with van der Waals surface area (Å²) in [6.45, 7) is -0.517. The van der Waals surface area contributed by atoms with Crippen LogP contribution in [0.2, 0.25) is 0 Å². The summed E-state index contributed by atoms with van der Waals surface area (Å²) in [5, 5.41) is 12.0. The molecule has 1 aromatic heterocycles. The number of halogens is 4. The first-order chi connectivity index (χ1) is 9.91. The van der Waals surface area contributed by atoms with Gasteiger partial charge in [0.1, 0.15) is 11.6 Å². The van der Waals surface area contributed by atoms with Gasteiger partial charge in [-0.25, -0.2) is 4.39 Å². The van der Waals surface area contributed by atoms with Gasteiger partial charge in [-0.15, -0.1) is 0 Å². The standard InChI is InChI=1S/C14H13F4NO2/c15-10-4-3-9(11(6-10)14(16,17)18)7-19-12(8-20)13-2-1-5-21-13/h1-6,12,19-20H,7-8H2/t12-/m1/s1. The number of furan rings is 1. The molecule has 2 aromatic rings.